The second-order valence-corrected chi connectivity index (χ2v) is 8.80. The monoisotopic (exact) mass is 453 g/mol. The Kier molecular flexibility index (Phi) is 4.48. The van der Waals surface area contributed by atoms with Crippen LogP contribution in [0.15, 0.2) is 42.7 Å². The Labute approximate surface area is 187 Å². The van der Waals surface area contributed by atoms with E-state index in [1.807, 2.05) is 0 Å². The van der Waals surface area contributed by atoms with Gasteiger partial charge in [-0.1, -0.05) is 0 Å². The molecule has 3 aromatic rings. The van der Waals surface area contributed by atoms with Crippen LogP contribution in [0.2, 0.25) is 0 Å². The van der Waals surface area contributed by atoms with E-state index >= 15 is 0 Å². The number of hydrogen-bond donors (Lipinski definition) is 0. The van der Waals surface area contributed by atoms with E-state index in [4.69, 9.17) is 4.74 Å². The number of carbonyl (C=O) groups excluding carboxylic acids is 2. The Hall–Kier alpha value is -3.40. The van der Waals surface area contributed by atoms with Gasteiger partial charge in [-0.3, -0.25) is 9.59 Å². The molecule has 3 fully saturated rings. The number of amides is 2. The summed E-state index contributed by atoms with van der Waals surface area (Å²) in [5.74, 6) is -1.69. The highest BCUT2D eigenvalue weighted by Crippen LogP contribution is 2.47. The van der Waals surface area contributed by atoms with Gasteiger partial charge in [0, 0.05) is 38.2 Å². The molecule has 2 aromatic heterocycles. The molecule has 170 valence electrons. The Morgan fingerprint density at radius 3 is 2.64 bits per heavy atom. The topological polar surface area (TPSA) is 80.0 Å². The summed E-state index contributed by atoms with van der Waals surface area (Å²) in [5.41, 5.74) is 0.388. The number of rotatable bonds is 2. The molecule has 0 radical (unpaired) electrons. The standard InChI is InChI=1S/C23H21F2N5O3/c24-15-10-14(11-16(25)12-15)17-3-4-20-29(17)22(32)23(33-20)5-8-28(9-6-23)21(31)18-13-26-19-2-1-7-27-30(18)19/h1-2,7,10-13,17,20H,3-6,8-9H2. The molecule has 0 saturated carbocycles. The highest BCUT2D eigenvalue weighted by molar-refractivity contribution is 5.94. The van der Waals surface area contributed by atoms with Crippen LogP contribution in [0, 0.1) is 11.6 Å². The SMILES string of the molecule is O=C(c1cnc2cccnn12)N1CCC2(CC1)OC1CCC(c3cc(F)cc(F)c3)N1C2=O. The van der Waals surface area contributed by atoms with E-state index in [0.717, 1.165) is 6.07 Å². The van der Waals surface area contributed by atoms with Crippen LogP contribution in [0.4, 0.5) is 8.78 Å². The van der Waals surface area contributed by atoms with Crippen molar-refractivity contribution in [3.8, 4) is 0 Å². The third kappa shape index (κ3) is 3.12. The summed E-state index contributed by atoms with van der Waals surface area (Å²) >= 11 is 0. The van der Waals surface area contributed by atoms with E-state index in [2.05, 4.69) is 10.1 Å². The van der Waals surface area contributed by atoms with E-state index < -0.39 is 29.5 Å². The van der Waals surface area contributed by atoms with Gasteiger partial charge < -0.3 is 14.5 Å². The predicted molar refractivity (Wildman–Crippen MR) is 111 cm³/mol. The minimum absolute atomic E-state index is 0.164. The molecule has 3 aliphatic rings. The molecule has 1 aromatic carbocycles. The summed E-state index contributed by atoms with van der Waals surface area (Å²) < 4.78 is 35.3. The first kappa shape index (κ1) is 20.2. The average Bonchev–Trinajstić information content (AvgIpc) is 3.48. The second-order valence-electron chi connectivity index (χ2n) is 8.80. The lowest BCUT2D eigenvalue weighted by Crippen LogP contribution is -2.51. The predicted octanol–water partition coefficient (Wildman–Crippen LogP) is 2.70. The summed E-state index contributed by atoms with van der Waals surface area (Å²) in [4.78, 5) is 34.1. The number of fused-ring (bicyclic) bond motifs is 2. The molecule has 5 heterocycles. The van der Waals surface area contributed by atoms with Gasteiger partial charge in [0.15, 0.2) is 16.9 Å². The lowest BCUT2D eigenvalue weighted by molar-refractivity contribution is -0.142. The number of hydrogen-bond acceptors (Lipinski definition) is 5. The lowest BCUT2D eigenvalue weighted by Gasteiger charge is -2.37. The first-order chi connectivity index (χ1) is 15.9. The quantitative estimate of drug-likeness (QED) is 0.596. The fraction of sp³-hybridized carbons (Fsp3) is 0.391. The first-order valence-corrected chi connectivity index (χ1v) is 11.0. The molecular formula is C23H21F2N5O3. The van der Waals surface area contributed by atoms with Crippen molar-refractivity contribution < 1.29 is 23.1 Å². The number of benzene rings is 1. The van der Waals surface area contributed by atoms with E-state index in [0.29, 0.717) is 55.7 Å². The van der Waals surface area contributed by atoms with Crippen LogP contribution >= 0.6 is 0 Å². The van der Waals surface area contributed by atoms with Crippen molar-refractivity contribution in [2.45, 2.75) is 43.6 Å². The zero-order valence-electron chi connectivity index (χ0n) is 17.7. The first-order valence-electron chi connectivity index (χ1n) is 11.0. The molecule has 0 aliphatic carbocycles. The van der Waals surface area contributed by atoms with Gasteiger partial charge in [-0.05, 0) is 42.7 Å². The van der Waals surface area contributed by atoms with Crippen molar-refractivity contribution in [2.75, 3.05) is 13.1 Å². The minimum Gasteiger partial charge on any atom is -0.342 e. The normalized spacial score (nSPS) is 24.1. The third-order valence-corrected chi connectivity index (χ3v) is 6.94. The van der Waals surface area contributed by atoms with Gasteiger partial charge in [-0.25, -0.2) is 18.3 Å². The molecule has 3 aliphatic heterocycles. The molecule has 0 bridgehead atoms. The van der Waals surface area contributed by atoms with Gasteiger partial charge in [-0.15, -0.1) is 0 Å². The van der Waals surface area contributed by atoms with Crippen LogP contribution in [-0.2, 0) is 9.53 Å². The fourth-order valence-corrected chi connectivity index (χ4v) is 5.35. The average molecular weight is 453 g/mol. The summed E-state index contributed by atoms with van der Waals surface area (Å²) in [5, 5.41) is 4.20. The lowest BCUT2D eigenvalue weighted by atomic mass is 9.89. The Bertz CT molecular complexity index is 1250. The molecule has 10 heteroatoms. The summed E-state index contributed by atoms with van der Waals surface area (Å²) in [6, 6.07) is 6.48. The molecule has 6 rings (SSSR count). The molecule has 1 spiro atoms. The largest absolute Gasteiger partial charge is 0.342 e. The highest BCUT2D eigenvalue weighted by Gasteiger charge is 2.58. The number of nitrogens with zero attached hydrogens (tertiary/aromatic N) is 5. The van der Waals surface area contributed by atoms with E-state index in [9.17, 15) is 18.4 Å². The van der Waals surface area contributed by atoms with Gasteiger partial charge in [0.1, 0.15) is 17.9 Å². The van der Waals surface area contributed by atoms with Crippen molar-refractivity contribution in [1.82, 2.24) is 24.4 Å². The maximum absolute atomic E-state index is 13.8. The number of ether oxygens (including phenoxy) is 1. The zero-order valence-corrected chi connectivity index (χ0v) is 17.7. The molecule has 0 N–H and O–H groups in total. The highest BCUT2D eigenvalue weighted by atomic mass is 19.1. The fourth-order valence-electron chi connectivity index (χ4n) is 5.35. The maximum Gasteiger partial charge on any atom is 0.274 e. The van der Waals surface area contributed by atoms with Gasteiger partial charge >= 0.3 is 0 Å². The van der Waals surface area contributed by atoms with E-state index in [1.54, 1.807) is 28.1 Å². The van der Waals surface area contributed by atoms with Crippen molar-refractivity contribution in [1.29, 1.82) is 0 Å². The molecule has 33 heavy (non-hydrogen) atoms. The van der Waals surface area contributed by atoms with Crippen molar-refractivity contribution in [2.24, 2.45) is 0 Å². The number of imidazole rings is 1. The van der Waals surface area contributed by atoms with Crippen LogP contribution in [0.25, 0.3) is 5.65 Å². The van der Waals surface area contributed by atoms with Crippen molar-refractivity contribution >= 4 is 17.5 Å². The number of piperidine rings is 1. The van der Waals surface area contributed by atoms with Crippen molar-refractivity contribution in [3.05, 3.63) is 65.6 Å². The second kappa shape index (κ2) is 7.31. The number of carbonyl (C=O) groups is 2. The molecule has 2 atom stereocenters. The van der Waals surface area contributed by atoms with Crippen LogP contribution in [0.5, 0.6) is 0 Å². The number of likely N-dealkylation sites (tertiary alicyclic amines) is 1. The molecule has 3 saturated heterocycles. The Morgan fingerprint density at radius 1 is 1.12 bits per heavy atom. The van der Waals surface area contributed by atoms with E-state index in [1.165, 1.54) is 22.8 Å². The molecule has 2 unspecified atom stereocenters. The summed E-state index contributed by atoms with van der Waals surface area (Å²) in [7, 11) is 0. The number of halogens is 2. The van der Waals surface area contributed by atoms with Crippen LogP contribution in [-0.4, -0.2) is 61.1 Å². The minimum atomic E-state index is -1.01. The Morgan fingerprint density at radius 2 is 1.88 bits per heavy atom. The summed E-state index contributed by atoms with van der Waals surface area (Å²) in [6.07, 6.45) is 4.59. The zero-order chi connectivity index (χ0) is 22.7. The van der Waals surface area contributed by atoms with Crippen LogP contribution < -0.4 is 0 Å². The number of aromatic nitrogens is 3. The van der Waals surface area contributed by atoms with Crippen LogP contribution in [0.3, 0.4) is 0 Å². The van der Waals surface area contributed by atoms with E-state index in [-0.39, 0.29) is 11.8 Å². The van der Waals surface area contributed by atoms with Gasteiger partial charge in [0.25, 0.3) is 11.8 Å². The molecule has 8 nitrogen and oxygen atoms in total. The van der Waals surface area contributed by atoms with Gasteiger partial charge in [0.05, 0.1) is 12.2 Å². The Balaban J connectivity index is 1.20. The van der Waals surface area contributed by atoms with Crippen molar-refractivity contribution in [3.63, 3.8) is 0 Å². The third-order valence-electron chi connectivity index (χ3n) is 6.94. The van der Waals surface area contributed by atoms with Crippen LogP contribution in [0.1, 0.15) is 47.8 Å². The molecule has 2 amide bonds. The smallest absolute Gasteiger partial charge is 0.274 e. The van der Waals surface area contributed by atoms with Gasteiger partial charge in [-0.2, -0.15) is 5.10 Å². The van der Waals surface area contributed by atoms with Gasteiger partial charge in [0.2, 0.25) is 0 Å². The molecular weight excluding hydrogens is 432 g/mol. The summed E-state index contributed by atoms with van der Waals surface area (Å²) in [6.45, 7) is 0.703. The maximum atomic E-state index is 13.8.